The van der Waals surface area contributed by atoms with Crippen LogP contribution in [0.2, 0.25) is 0 Å². The van der Waals surface area contributed by atoms with E-state index in [1.165, 1.54) is 11.3 Å². The molecule has 1 heterocycles. The van der Waals surface area contributed by atoms with Gasteiger partial charge < -0.3 is 4.74 Å². The highest BCUT2D eigenvalue weighted by Crippen LogP contribution is 2.10. The molecule has 4 heteroatoms. The number of carbonyl (C=O) groups is 1. The lowest BCUT2D eigenvalue weighted by atomic mass is 10.2. The van der Waals surface area contributed by atoms with Crippen molar-refractivity contribution in [1.29, 1.82) is 0 Å². The summed E-state index contributed by atoms with van der Waals surface area (Å²) in [5.41, 5.74) is 0. The first kappa shape index (κ1) is 12.5. The maximum absolute atomic E-state index is 11.4. The molecule has 0 saturated heterocycles. The van der Waals surface area contributed by atoms with E-state index < -0.39 is 0 Å². The Kier molecular flexibility index (Phi) is 6.44. The minimum Gasteiger partial charge on any atom is -0.462 e. The number of carbonyl (C=O) groups excluding carboxylic acids is 1. The highest BCUT2D eigenvalue weighted by Gasteiger charge is 2.06. The Bertz CT molecular complexity index is 272. The van der Waals surface area contributed by atoms with Crippen molar-refractivity contribution in [2.24, 2.45) is 0 Å². The van der Waals surface area contributed by atoms with Crippen molar-refractivity contribution in [3.63, 3.8) is 0 Å². The molecule has 0 spiro atoms. The highest BCUT2D eigenvalue weighted by atomic mass is 35.5. The quantitative estimate of drug-likeness (QED) is 0.417. The van der Waals surface area contributed by atoms with Crippen LogP contribution in [0.4, 0.5) is 0 Å². The van der Waals surface area contributed by atoms with Crippen molar-refractivity contribution in [1.82, 2.24) is 0 Å². The zero-order chi connectivity index (χ0) is 10.9. The monoisotopic (exact) mass is 246 g/mol. The van der Waals surface area contributed by atoms with E-state index >= 15 is 0 Å². The molecular formula is C11H15ClO2S. The molecule has 0 fully saturated rings. The summed E-state index contributed by atoms with van der Waals surface area (Å²) in [5, 5.41) is 1.87. The summed E-state index contributed by atoms with van der Waals surface area (Å²) >= 11 is 6.96. The van der Waals surface area contributed by atoms with Crippen LogP contribution >= 0.6 is 22.9 Å². The maximum Gasteiger partial charge on any atom is 0.348 e. The maximum atomic E-state index is 11.4. The molecule has 0 amide bonds. The molecule has 0 radical (unpaired) electrons. The lowest BCUT2D eigenvalue weighted by Gasteiger charge is -2.02. The van der Waals surface area contributed by atoms with Crippen LogP contribution in [-0.4, -0.2) is 18.5 Å². The summed E-state index contributed by atoms with van der Waals surface area (Å²) < 4.78 is 5.11. The lowest BCUT2D eigenvalue weighted by Crippen LogP contribution is -2.04. The molecule has 84 valence electrons. The standard InChI is InChI=1S/C11H15ClO2S/c12-7-3-1-2-4-8-14-11(13)10-6-5-9-15-10/h5-6,9H,1-4,7-8H2. The molecular weight excluding hydrogens is 232 g/mol. The van der Waals surface area contributed by atoms with E-state index in [4.69, 9.17) is 16.3 Å². The van der Waals surface area contributed by atoms with Gasteiger partial charge in [-0.25, -0.2) is 4.79 Å². The molecule has 1 aromatic rings. The first-order valence-corrected chi connectivity index (χ1v) is 6.52. The molecule has 0 aromatic carbocycles. The summed E-state index contributed by atoms with van der Waals surface area (Å²) in [7, 11) is 0. The van der Waals surface area contributed by atoms with Gasteiger partial charge in [0.15, 0.2) is 0 Å². The molecule has 0 unspecified atom stereocenters. The van der Waals surface area contributed by atoms with Crippen LogP contribution in [0.3, 0.4) is 0 Å². The molecule has 0 saturated carbocycles. The fraction of sp³-hybridized carbons (Fsp3) is 0.545. The number of alkyl halides is 1. The molecule has 0 N–H and O–H groups in total. The van der Waals surface area contributed by atoms with Crippen LogP contribution < -0.4 is 0 Å². The van der Waals surface area contributed by atoms with Gasteiger partial charge in [0.2, 0.25) is 0 Å². The second-order valence-electron chi connectivity index (χ2n) is 3.22. The van der Waals surface area contributed by atoms with Crippen LogP contribution in [-0.2, 0) is 4.74 Å². The number of hydrogen-bond donors (Lipinski definition) is 0. The van der Waals surface area contributed by atoms with Gasteiger partial charge in [0.25, 0.3) is 0 Å². The normalized spacial score (nSPS) is 10.2. The van der Waals surface area contributed by atoms with E-state index in [0.717, 1.165) is 31.6 Å². The number of hydrogen-bond acceptors (Lipinski definition) is 3. The Morgan fingerprint density at radius 3 is 2.80 bits per heavy atom. The number of rotatable bonds is 7. The fourth-order valence-electron chi connectivity index (χ4n) is 1.18. The molecule has 0 atom stereocenters. The third-order valence-corrected chi connectivity index (χ3v) is 3.10. The van der Waals surface area contributed by atoms with E-state index in [1.54, 1.807) is 6.07 Å². The minimum absolute atomic E-state index is 0.206. The number of ether oxygens (including phenoxy) is 1. The van der Waals surface area contributed by atoms with Crippen molar-refractivity contribution in [2.75, 3.05) is 12.5 Å². The van der Waals surface area contributed by atoms with Gasteiger partial charge in [-0.3, -0.25) is 0 Å². The predicted octanol–water partition coefficient (Wildman–Crippen LogP) is 3.70. The molecule has 1 rings (SSSR count). The van der Waals surface area contributed by atoms with E-state index in [9.17, 15) is 4.79 Å². The third kappa shape index (κ3) is 5.19. The fourth-order valence-corrected chi connectivity index (χ4v) is 1.99. The van der Waals surface area contributed by atoms with Crippen LogP contribution in [0.5, 0.6) is 0 Å². The van der Waals surface area contributed by atoms with Gasteiger partial charge >= 0.3 is 5.97 Å². The second-order valence-corrected chi connectivity index (χ2v) is 4.54. The van der Waals surface area contributed by atoms with Gasteiger partial charge in [0.1, 0.15) is 4.88 Å². The predicted molar refractivity (Wildman–Crippen MR) is 63.8 cm³/mol. The van der Waals surface area contributed by atoms with Gasteiger partial charge in [-0.15, -0.1) is 22.9 Å². The molecule has 0 aliphatic rings. The summed E-state index contributed by atoms with van der Waals surface area (Å²) in [6.07, 6.45) is 4.15. The number of unbranched alkanes of at least 4 members (excludes halogenated alkanes) is 3. The van der Waals surface area contributed by atoms with Crippen molar-refractivity contribution in [3.8, 4) is 0 Å². The topological polar surface area (TPSA) is 26.3 Å². The Hall–Kier alpha value is -0.540. The van der Waals surface area contributed by atoms with E-state index in [-0.39, 0.29) is 5.97 Å². The smallest absolute Gasteiger partial charge is 0.348 e. The van der Waals surface area contributed by atoms with Crippen molar-refractivity contribution in [2.45, 2.75) is 25.7 Å². The van der Waals surface area contributed by atoms with Crippen LogP contribution in [0.25, 0.3) is 0 Å². The van der Waals surface area contributed by atoms with E-state index in [2.05, 4.69) is 0 Å². The van der Waals surface area contributed by atoms with Crippen molar-refractivity contribution in [3.05, 3.63) is 22.4 Å². The zero-order valence-corrected chi connectivity index (χ0v) is 10.1. The molecule has 1 aromatic heterocycles. The molecule has 0 bridgehead atoms. The SMILES string of the molecule is O=C(OCCCCCCCl)c1cccs1. The lowest BCUT2D eigenvalue weighted by molar-refractivity contribution is 0.0503. The first-order chi connectivity index (χ1) is 7.34. The van der Waals surface area contributed by atoms with E-state index in [0.29, 0.717) is 11.5 Å². The largest absolute Gasteiger partial charge is 0.462 e. The number of halogens is 1. The Labute approximate surface area is 99.2 Å². The van der Waals surface area contributed by atoms with Gasteiger partial charge in [0.05, 0.1) is 6.61 Å². The number of thiophene rings is 1. The summed E-state index contributed by atoms with van der Waals surface area (Å²) in [6, 6.07) is 3.63. The third-order valence-electron chi connectivity index (χ3n) is 1.98. The Balaban J connectivity index is 2.03. The van der Waals surface area contributed by atoms with Crippen LogP contribution in [0.1, 0.15) is 35.4 Å². The average molecular weight is 247 g/mol. The van der Waals surface area contributed by atoms with Gasteiger partial charge in [-0.2, -0.15) is 0 Å². The molecule has 0 aliphatic carbocycles. The Morgan fingerprint density at radius 1 is 1.33 bits per heavy atom. The van der Waals surface area contributed by atoms with Gasteiger partial charge in [-0.05, 0) is 24.3 Å². The average Bonchev–Trinajstić information content (AvgIpc) is 2.76. The number of esters is 1. The molecule has 2 nitrogen and oxygen atoms in total. The van der Waals surface area contributed by atoms with E-state index in [1.807, 2.05) is 11.4 Å². The first-order valence-electron chi connectivity index (χ1n) is 5.11. The summed E-state index contributed by atoms with van der Waals surface area (Å²) in [5.74, 6) is 0.511. The van der Waals surface area contributed by atoms with Crippen molar-refractivity contribution < 1.29 is 9.53 Å². The summed E-state index contributed by atoms with van der Waals surface area (Å²) in [6.45, 7) is 0.513. The Morgan fingerprint density at radius 2 is 2.13 bits per heavy atom. The zero-order valence-electron chi connectivity index (χ0n) is 8.58. The molecule has 15 heavy (non-hydrogen) atoms. The van der Waals surface area contributed by atoms with Crippen LogP contribution in [0, 0.1) is 0 Å². The highest BCUT2D eigenvalue weighted by molar-refractivity contribution is 7.11. The van der Waals surface area contributed by atoms with Crippen LogP contribution in [0.15, 0.2) is 17.5 Å². The molecule has 0 aliphatic heterocycles. The van der Waals surface area contributed by atoms with Crippen molar-refractivity contribution >= 4 is 28.9 Å². The van der Waals surface area contributed by atoms with Gasteiger partial charge in [-0.1, -0.05) is 18.9 Å². The minimum atomic E-state index is -0.206. The second kappa shape index (κ2) is 7.71. The van der Waals surface area contributed by atoms with Gasteiger partial charge in [0, 0.05) is 5.88 Å². The summed E-state index contributed by atoms with van der Waals surface area (Å²) in [4.78, 5) is 12.0.